The van der Waals surface area contributed by atoms with Crippen LogP contribution >= 0.6 is 0 Å². The van der Waals surface area contributed by atoms with Crippen LogP contribution in [0.1, 0.15) is 37.0 Å². The van der Waals surface area contributed by atoms with Crippen LogP contribution in [-0.2, 0) is 4.74 Å². The number of hydrogen-bond donors (Lipinski definition) is 0. The lowest BCUT2D eigenvalue weighted by molar-refractivity contribution is -0.0715. The quantitative estimate of drug-likeness (QED) is 0.833. The van der Waals surface area contributed by atoms with Gasteiger partial charge in [0.1, 0.15) is 0 Å². The number of carbonyl (C=O) groups is 1. The van der Waals surface area contributed by atoms with Gasteiger partial charge in [-0.1, -0.05) is 0 Å². The van der Waals surface area contributed by atoms with E-state index < -0.39 is 0 Å². The van der Waals surface area contributed by atoms with E-state index in [4.69, 9.17) is 4.74 Å². The highest BCUT2D eigenvalue weighted by Crippen LogP contribution is 2.23. The fourth-order valence-corrected chi connectivity index (χ4v) is 4.47. The van der Waals surface area contributed by atoms with E-state index >= 15 is 0 Å². The van der Waals surface area contributed by atoms with Crippen LogP contribution in [0.15, 0.2) is 48.8 Å². The van der Waals surface area contributed by atoms with Crippen LogP contribution in [0.3, 0.4) is 0 Å². The summed E-state index contributed by atoms with van der Waals surface area (Å²) in [6.45, 7) is 7.98. The molecule has 1 aromatic carbocycles. The van der Waals surface area contributed by atoms with Crippen LogP contribution in [0.4, 0.5) is 0 Å². The van der Waals surface area contributed by atoms with Gasteiger partial charge in [-0.15, -0.1) is 0 Å². The molecular weight excluding hydrogens is 338 g/mol. The molecule has 3 unspecified atom stereocenters. The van der Waals surface area contributed by atoms with Crippen LogP contribution in [0.5, 0.6) is 0 Å². The molecule has 1 amide bonds. The summed E-state index contributed by atoms with van der Waals surface area (Å²) in [5.74, 6) is 0.158. The Morgan fingerprint density at radius 2 is 1.74 bits per heavy atom. The molecule has 0 radical (unpaired) electrons. The SMILES string of the molecule is CC1CN(CC2CCCN2C(=O)c2ccc(-n3cccc3)cc2)CC(C)O1. The number of ether oxygens (including phenoxy) is 1. The largest absolute Gasteiger partial charge is 0.373 e. The van der Waals surface area contributed by atoms with E-state index in [1.807, 2.05) is 53.4 Å². The fourth-order valence-electron chi connectivity index (χ4n) is 4.47. The average molecular weight is 367 g/mol. The van der Waals surface area contributed by atoms with Crippen LogP contribution < -0.4 is 0 Å². The molecule has 3 heterocycles. The summed E-state index contributed by atoms with van der Waals surface area (Å²) < 4.78 is 7.89. The van der Waals surface area contributed by atoms with E-state index in [-0.39, 0.29) is 18.1 Å². The zero-order chi connectivity index (χ0) is 18.8. The summed E-state index contributed by atoms with van der Waals surface area (Å²) in [5.41, 5.74) is 1.85. The van der Waals surface area contributed by atoms with Crippen molar-refractivity contribution in [1.29, 1.82) is 0 Å². The lowest BCUT2D eigenvalue weighted by Crippen LogP contribution is -2.50. The Labute approximate surface area is 161 Å². The Balaban J connectivity index is 1.43. The average Bonchev–Trinajstić information content (AvgIpc) is 3.32. The van der Waals surface area contributed by atoms with Gasteiger partial charge in [0.15, 0.2) is 0 Å². The molecule has 2 aliphatic heterocycles. The van der Waals surface area contributed by atoms with Crippen molar-refractivity contribution >= 4 is 5.91 Å². The molecule has 1 aromatic heterocycles. The van der Waals surface area contributed by atoms with Gasteiger partial charge >= 0.3 is 0 Å². The van der Waals surface area contributed by atoms with Gasteiger partial charge in [0.25, 0.3) is 5.91 Å². The van der Waals surface area contributed by atoms with E-state index in [2.05, 4.69) is 23.6 Å². The Kier molecular flexibility index (Phi) is 5.32. The van der Waals surface area contributed by atoms with Gasteiger partial charge in [-0.2, -0.15) is 0 Å². The first-order valence-corrected chi connectivity index (χ1v) is 10.0. The van der Waals surface area contributed by atoms with E-state index in [0.29, 0.717) is 6.04 Å². The lowest BCUT2D eigenvalue weighted by Gasteiger charge is -2.38. The first-order chi connectivity index (χ1) is 13.1. The summed E-state index contributed by atoms with van der Waals surface area (Å²) in [6, 6.07) is 12.2. The van der Waals surface area contributed by atoms with Gasteiger partial charge in [0.05, 0.1) is 12.2 Å². The first-order valence-electron chi connectivity index (χ1n) is 10.0. The predicted octanol–water partition coefficient (Wildman–Crippen LogP) is 3.19. The number of morpholine rings is 1. The third-order valence-electron chi connectivity index (χ3n) is 5.62. The summed E-state index contributed by atoms with van der Waals surface area (Å²) in [6.07, 6.45) is 6.73. The molecule has 5 heteroatoms. The second-order valence-corrected chi connectivity index (χ2v) is 7.91. The van der Waals surface area contributed by atoms with Crippen molar-refractivity contribution in [2.75, 3.05) is 26.2 Å². The molecule has 0 N–H and O–H groups in total. The molecule has 144 valence electrons. The number of nitrogens with zero attached hydrogens (tertiary/aromatic N) is 3. The van der Waals surface area contributed by atoms with Crippen LogP contribution in [0.2, 0.25) is 0 Å². The smallest absolute Gasteiger partial charge is 0.254 e. The van der Waals surface area contributed by atoms with Gasteiger partial charge in [-0.25, -0.2) is 0 Å². The Hall–Kier alpha value is -2.11. The number of benzene rings is 1. The van der Waals surface area contributed by atoms with Crippen molar-refractivity contribution in [2.45, 2.75) is 44.9 Å². The minimum atomic E-state index is 0.158. The van der Waals surface area contributed by atoms with Crippen molar-refractivity contribution in [2.24, 2.45) is 0 Å². The molecule has 3 atom stereocenters. The van der Waals surface area contributed by atoms with Gasteiger partial charge in [0.2, 0.25) is 0 Å². The lowest BCUT2D eigenvalue weighted by atomic mass is 10.1. The summed E-state index contributed by atoms with van der Waals surface area (Å²) in [4.78, 5) is 17.6. The number of amides is 1. The summed E-state index contributed by atoms with van der Waals surface area (Å²) >= 11 is 0. The molecule has 2 aromatic rings. The first kappa shape index (κ1) is 18.3. The Morgan fingerprint density at radius 3 is 2.41 bits per heavy atom. The van der Waals surface area contributed by atoms with Crippen LogP contribution in [0, 0.1) is 0 Å². The monoisotopic (exact) mass is 367 g/mol. The standard InChI is InChI=1S/C22H29N3O2/c1-17-14-23(15-18(2)27-17)16-21-6-5-13-25(21)22(26)19-7-9-20(10-8-19)24-11-3-4-12-24/h3-4,7-12,17-18,21H,5-6,13-16H2,1-2H3. The van der Waals surface area contributed by atoms with Gasteiger partial charge in [-0.3, -0.25) is 9.69 Å². The second kappa shape index (κ2) is 7.87. The predicted molar refractivity (Wildman–Crippen MR) is 106 cm³/mol. The Bertz CT molecular complexity index is 746. The number of hydrogen-bond acceptors (Lipinski definition) is 3. The zero-order valence-corrected chi connectivity index (χ0v) is 16.3. The highest BCUT2D eigenvalue weighted by Gasteiger charge is 2.32. The van der Waals surface area contributed by atoms with E-state index in [1.54, 1.807) is 0 Å². The van der Waals surface area contributed by atoms with Gasteiger partial charge < -0.3 is 14.2 Å². The molecule has 0 aliphatic carbocycles. The normalized spacial score (nSPS) is 26.4. The molecule has 0 saturated carbocycles. The molecule has 5 nitrogen and oxygen atoms in total. The maximum absolute atomic E-state index is 13.1. The number of aromatic nitrogens is 1. The number of likely N-dealkylation sites (tertiary alicyclic amines) is 1. The number of rotatable bonds is 4. The topological polar surface area (TPSA) is 37.7 Å². The minimum Gasteiger partial charge on any atom is -0.373 e. The van der Waals surface area contributed by atoms with Crippen molar-refractivity contribution in [3.8, 4) is 5.69 Å². The molecule has 2 aliphatic rings. The van der Waals surface area contributed by atoms with E-state index in [0.717, 1.165) is 50.3 Å². The van der Waals surface area contributed by atoms with Crippen molar-refractivity contribution in [1.82, 2.24) is 14.4 Å². The summed E-state index contributed by atoms with van der Waals surface area (Å²) in [5, 5.41) is 0. The maximum atomic E-state index is 13.1. The molecular formula is C22H29N3O2. The van der Waals surface area contributed by atoms with Crippen molar-refractivity contribution < 1.29 is 9.53 Å². The molecule has 0 spiro atoms. The highest BCUT2D eigenvalue weighted by atomic mass is 16.5. The van der Waals surface area contributed by atoms with E-state index in [1.165, 1.54) is 0 Å². The highest BCUT2D eigenvalue weighted by molar-refractivity contribution is 5.94. The van der Waals surface area contributed by atoms with Crippen molar-refractivity contribution in [3.05, 3.63) is 54.4 Å². The summed E-state index contributed by atoms with van der Waals surface area (Å²) in [7, 11) is 0. The fraction of sp³-hybridized carbons (Fsp3) is 0.500. The van der Waals surface area contributed by atoms with Crippen LogP contribution in [0.25, 0.3) is 5.69 Å². The molecule has 27 heavy (non-hydrogen) atoms. The third-order valence-corrected chi connectivity index (χ3v) is 5.62. The van der Waals surface area contributed by atoms with E-state index in [9.17, 15) is 4.79 Å². The minimum absolute atomic E-state index is 0.158. The molecule has 2 fully saturated rings. The maximum Gasteiger partial charge on any atom is 0.254 e. The molecule has 2 saturated heterocycles. The number of carbonyl (C=O) groups excluding carboxylic acids is 1. The van der Waals surface area contributed by atoms with Gasteiger partial charge in [0, 0.05) is 55.9 Å². The molecule has 4 rings (SSSR count). The van der Waals surface area contributed by atoms with Crippen LogP contribution in [-0.4, -0.2) is 64.7 Å². The van der Waals surface area contributed by atoms with Gasteiger partial charge in [-0.05, 0) is 63.1 Å². The zero-order valence-electron chi connectivity index (χ0n) is 16.3. The second-order valence-electron chi connectivity index (χ2n) is 7.91. The third kappa shape index (κ3) is 4.09. The Morgan fingerprint density at radius 1 is 1.07 bits per heavy atom. The van der Waals surface area contributed by atoms with Crippen molar-refractivity contribution in [3.63, 3.8) is 0 Å². The molecule has 0 bridgehead atoms.